The second kappa shape index (κ2) is 7.30. The minimum atomic E-state index is -0.845. The van der Waals surface area contributed by atoms with E-state index in [2.05, 4.69) is 5.32 Å². The fourth-order valence-electron chi connectivity index (χ4n) is 1.34. The molecule has 0 aromatic heterocycles. The highest BCUT2D eigenvalue weighted by atomic mass is 35.5. The molecule has 106 valence electrons. The van der Waals surface area contributed by atoms with Crippen molar-refractivity contribution in [3.63, 3.8) is 0 Å². The number of ketones is 1. The van der Waals surface area contributed by atoms with Crippen molar-refractivity contribution >= 4 is 29.6 Å². The fraction of sp³-hybridized carbons (Fsp3) is 0.154. The molecule has 0 aliphatic heterocycles. The van der Waals surface area contributed by atoms with Crippen LogP contribution in [0, 0.1) is 5.41 Å². The molecule has 0 spiro atoms. The molecule has 0 aliphatic rings. The van der Waals surface area contributed by atoms with Crippen LogP contribution >= 0.6 is 11.6 Å². The lowest BCUT2D eigenvalue weighted by molar-refractivity contribution is -0.137. The van der Waals surface area contributed by atoms with Gasteiger partial charge >= 0.3 is 5.97 Å². The molecule has 0 fully saturated rings. The van der Waals surface area contributed by atoms with Gasteiger partial charge in [-0.15, -0.1) is 0 Å². The van der Waals surface area contributed by atoms with Crippen molar-refractivity contribution in [2.45, 2.75) is 0 Å². The van der Waals surface area contributed by atoms with Gasteiger partial charge in [0.2, 0.25) is 0 Å². The summed E-state index contributed by atoms with van der Waals surface area (Å²) in [5.41, 5.74) is 5.67. The molecule has 7 heteroatoms. The molecule has 1 aromatic carbocycles. The number of rotatable bonds is 6. The predicted molar refractivity (Wildman–Crippen MR) is 75.8 cm³/mol. The van der Waals surface area contributed by atoms with Gasteiger partial charge in [0.05, 0.1) is 0 Å². The van der Waals surface area contributed by atoms with Gasteiger partial charge < -0.3 is 21.2 Å². The largest absolute Gasteiger partial charge is 0.454 e. The van der Waals surface area contributed by atoms with Crippen LogP contribution in [0.5, 0.6) is 0 Å². The van der Waals surface area contributed by atoms with Gasteiger partial charge in [0, 0.05) is 23.8 Å². The Morgan fingerprint density at radius 3 is 2.75 bits per heavy atom. The maximum Gasteiger partial charge on any atom is 0.343 e. The Balaban J connectivity index is 2.70. The molecule has 0 saturated carbocycles. The van der Waals surface area contributed by atoms with Crippen LogP contribution < -0.4 is 11.1 Å². The zero-order valence-electron chi connectivity index (χ0n) is 10.8. The molecule has 0 atom stereocenters. The molecule has 6 nitrogen and oxygen atoms in total. The SMILES string of the molecule is CN/C(N)=C(\C=N)C(=O)OCC(=O)c1cccc(Cl)c1. The summed E-state index contributed by atoms with van der Waals surface area (Å²) in [6.07, 6.45) is 0.762. The first-order chi connectivity index (χ1) is 9.49. The first kappa shape index (κ1) is 15.7. The Morgan fingerprint density at radius 2 is 2.20 bits per heavy atom. The standard InChI is InChI=1S/C13H14ClN3O3/c1-17-12(16)10(6-15)13(19)20-7-11(18)8-3-2-4-9(14)5-8/h2-6,15,17H,7,16H2,1H3/b12-10+,15-6?. The van der Waals surface area contributed by atoms with Gasteiger partial charge in [-0.2, -0.15) is 0 Å². The zero-order chi connectivity index (χ0) is 15.1. The third-order valence-corrected chi connectivity index (χ3v) is 2.64. The Morgan fingerprint density at radius 1 is 1.50 bits per heavy atom. The highest BCUT2D eigenvalue weighted by Crippen LogP contribution is 2.11. The summed E-state index contributed by atoms with van der Waals surface area (Å²) in [5.74, 6) is -1.24. The smallest absolute Gasteiger partial charge is 0.343 e. The van der Waals surface area contributed by atoms with Crippen LogP contribution in [0.15, 0.2) is 35.7 Å². The average molecular weight is 296 g/mol. The van der Waals surface area contributed by atoms with Gasteiger partial charge in [-0.05, 0) is 12.1 Å². The molecule has 0 amide bonds. The topological polar surface area (TPSA) is 105 Å². The van der Waals surface area contributed by atoms with E-state index in [1.54, 1.807) is 18.2 Å². The molecule has 20 heavy (non-hydrogen) atoms. The molecular weight excluding hydrogens is 282 g/mol. The maximum atomic E-state index is 11.8. The van der Waals surface area contributed by atoms with Gasteiger partial charge in [-0.25, -0.2) is 4.79 Å². The zero-order valence-corrected chi connectivity index (χ0v) is 11.5. The second-order valence-corrected chi connectivity index (χ2v) is 4.17. The van der Waals surface area contributed by atoms with Gasteiger partial charge in [0.1, 0.15) is 11.4 Å². The van der Waals surface area contributed by atoms with Gasteiger partial charge in [0.25, 0.3) is 0 Å². The van der Waals surface area contributed by atoms with Crippen molar-refractivity contribution in [2.75, 3.05) is 13.7 Å². The molecule has 0 unspecified atom stereocenters. The van der Waals surface area contributed by atoms with Gasteiger partial charge in [-0.1, -0.05) is 23.7 Å². The van der Waals surface area contributed by atoms with E-state index in [1.807, 2.05) is 0 Å². The van der Waals surface area contributed by atoms with Crippen LogP contribution in [0.4, 0.5) is 0 Å². The summed E-state index contributed by atoms with van der Waals surface area (Å²) in [6, 6.07) is 6.30. The van der Waals surface area contributed by atoms with E-state index < -0.39 is 18.4 Å². The normalized spacial score (nSPS) is 11.3. The number of Topliss-reactive ketones (excluding diaryl/α,β-unsaturated/α-hetero) is 1. The number of carbonyl (C=O) groups excluding carboxylic acids is 2. The molecule has 0 saturated heterocycles. The Bertz CT molecular complexity index is 570. The number of hydrogen-bond donors (Lipinski definition) is 3. The van der Waals surface area contributed by atoms with E-state index in [0.717, 1.165) is 6.21 Å². The highest BCUT2D eigenvalue weighted by Gasteiger charge is 2.15. The number of halogens is 1. The molecule has 0 heterocycles. The Kier molecular flexibility index (Phi) is 5.74. The molecule has 0 aliphatic carbocycles. The lowest BCUT2D eigenvalue weighted by atomic mass is 10.1. The van der Waals surface area contributed by atoms with Crippen molar-refractivity contribution in [3.8, 4) is 0 Å². The summed E-state index contributed by atoms with van der Waals surface area (Å²) < 4.78 is 4.81. The average Bonchev–Trinajstić information content (AvgIpc) is 2.45. The molecule has 0 bridgehead atoms. The Hall–Kier alpha value is -2.34. The van der Waals surface area contributed by atoms with Gasteiger partial charge in [0.15, 0.2) is 12.4 Å². The highest BCUT2D eigenvalue weighted by molar-refractivity contribution is 6.31. The first-order valence-corrected chi connectivity index (χ1v) is 6.01. The molecule has 0 radical (unpaired) electrons. The first-order valence-electron chi connectivity index (χ1n) is 5.63. The van der Waals surface area contributed by atoms with E-state index in [1.165, 1.54) is 13.1 Å². The minimum Gasteiger partial charge on any atom is -0.454 e. The monoisotopic (exact) mass is 295 g/mol. The molecule has 1 aromatic rings. The number of ether oxygens (including phenoxy) is 1. The second-order valence-electron chi connectivity index (χ2n) is 3.73. The molecule has 4 N–H and O–H groups in total. The lowest BCUT2D eigenvalue weighted by Gasteiger charge is -2.07. The number of nitrogens with two attached hydrogens (primary N) is 1. The summed E-state index contributed by atoms with van der Waals surface area (Å²) in [6.45, 7) is -0.451. The summed E-state index contributed by atoms with van der Waals surface area (Å²) in [5, 5.41) is 10.0. The van der Waals surface area contributed by atoms with Crippen LogP contribution in [0.2, 0.25) is 5.02 Å². The van der Waals surface area contributed by atoms with Crippen molar-refractivity contribution in [3.05, 3.63) is 46.2 Å². The molecule has 1 rings (SSSR count). The Labute approximate surface area is 121 Å². The van der Waals surface area contributed by atoms with Crippen LogP contribution in [0.25, 0.3) is 0 Å². The fourth-order valence-corrected chi connectivity index (χ4v) is 1.53. The van der Waals surface area contributed by atoms with Crippen molar-refractivity contribution in [2.24, 2.45) is 5.73 Å². The quantitative estimate of drug-likeness (QED) is 0.315. The third-order valence-electron chi connectivity index (χ3n) is 2.40. The van der Waals surface area contributed by atoms with Crippen molar-refractivity contribution < 1.29 is 14.3 Å². The number of nitrogens with one attached hydrogen (secondary N) is 2. The number of esters is 1. The van der Waals surface area contributed by atoms with E-state index in [-0.39, 0.29) is 11.4 Å². The summed E-state index contributed by atoms with van der Waals surface area (Å²) in [4.78, 5) is 23.4. The summed E-state index contributed by atoms with van der Waals surface area (Å²) >= 11 is 5.76. The number of carbonyl (C=O) groups is 2. The van der Waals surface area contributed by atoms with Crippen LogP contribution in [0.3, 0.4) is 0 Å². The van der Waals surface area contributed by atoms with Crippen LogP contribution in [0.1, 0.15) is 10.4 Å². The van der Waals surface area contributed by atoms with Crippen LogP contribution in [-0.2, 0) is 9.53 Å². The van der Waals surface area contributed by atoms with Crippen molar-refractivity contribution in [1.82, 2.24) is 5.32 Å². The lowest BCUT2D eigenvalue weighted by Crippen LogP contribution is -2.24. The third kappa shape index (κ3) is 4.10. The van der Waals surface area contributed by atoms with E-state index in [0.29, 0.717) is 10.6 Å². The predicted octanol–water partition coefficient (Wildman–Crippen LogP) is 1.11. The van der Waals surface area contributed by atoms with Gasteiger partial charge in [-0.3, -0.25) is 4.79 Å². The van der Waals surface area contributed by atoms with E-state index >= 15 is 0 Å². The molecular formula is C13H14ClN3O3. The number of benzene rings is 1. The maximum absolute atomic E-state index is 11.8. The van der Waals surface area contributed by atoms with E-state index in [4.69, 9.17) is 27.5 Å². The number of hydrogen-bond acceptors (Lipinski definition) is 6. The van der Waals surface area contributed by atoms with Crippen molar-refractivity contribution in [1.29, 1.82) is 5.41 Å². The summed E-state index contributed by atoms with van der Waals surface area (Å²) in [7, 11) is 1.50. The van der Waals surface area contributed by atoms with E-state index in [9.17, 15) is 9.59 Å². The van der Waals surface area contributed by atoms with Crippen LogP contribution in [-0.4, -0.2) is 31.6 Å². The minimum absolute atomic E-state index is 0.000189.